The van der Waals surface area contributed by atoms with Crippen LogP contribution in [0.1, 0.15) is 11.7 Å². The molecule has 2 aromatic rings. The van der Waals surface area contributed by atoms with E-state index in [4.69, 9.17) is 16.3 Å². The fourth-order valence-corrected chi connectivity index (χ4v) is 1.58. The van der Waals surface area contributed by atoms with E-state index < -0.39 is 6.10 Å². The normalized spacial score (nSPS) is 12.1. The summed E-state index contributed by atoms with van der Waals surface area (Å²) in [6, 6.07) is 10.6. The Labute approximate surface area is 105 Å². The van der Waals surface area contributed by atoms with Crippen LogP contribution in [0.3, 0.4) is 0 Å². The van der Waals surface area contributed by atoms with Gasteiger partial charge >= 0.3 is 0 Å². The van der Waals surface area contributed by atoms with Gasteiger partial charge in [-0.15, -0.1) is 0 Å². The van der Waals surface area contributed by atoms with Crippen LogP contribution in [0, 0.1) is 0 Å². The lowest BCUT2D eigenvalue weighted by Gasteiger charge is -2.12. The third-order valence-corrected chi connectivity index (χ3v) is 2.51. The summed E-state index contributed by atoms with van der Waals surface area (Å²) >= 11 is 5.82. The standard InChI is InChI=1S/C13H12ClNO2/c14-11-4-1-5-12(7-11)17-9-13(16)10-3-2-6-15-8-10/h1-8,13,16H,9H2. The Morgan fingerprint density at radius 3 is 2.88 bits per heavy atom. The van der Waals surface area contributed by atoms with Gasteiger partial charge in [0, 0.05) is 23.0 Å². The van der Waals surface area contributed by atoms with Gasteiger partial charge in [-0.3, -0.25) is 4.98 Å². The highest BCUT2D eigenvalue weighted by Gasteiger charge is 2.08. The highest BCUT2D eigenvalue weighted by atomic mass is 35.5. The average molecular weight is 250 g/mol. The maximum absolute atomic E-state index is 9.85. The van der Waals surface area contributed by atoms with Gasteiger partial charge in [-0.2, -0.15) is 0 Å². The van der Waals surface area contributed by atoms with Crippen molar-refractivity contribution in [1.82, 2.24) is 4.98 Å². The Kier molecular flexibility index (Phi) is 3.96. The molecule has 17 heavy (non-hydrogen) atoms. The summed E-state index contributed by atoms with van der Waals surface area (Å²) in [4.78, 5) is 3.94. The van der Waals surface area contributed by atoms with E-state index in [1.54, 1.807) is 48.8 Å². The van der Waals surface area contributed by atoms with Crippen LogP contribution in [0.15, 0.2) is 48.8 Å². The van der Waals surface area contributed by atoms with Crippen molar-refractivity contribution in [2.24, 2.45) is 0 Å². The molecule has 3 nitrogen and oxygen atoms in total. The SMILES string of the molecule is OC(COc1cccc(Cl)c1)c1cccnc1. The molecule has 4 heteroatoms. The van der Waals surface area contributed by atoms with Crippen molar-refractivity contribution in [2.75, 3.05) is 6.61 Å². The summed E-state index contributed by atoms with van der Waals surface area (Å²) in [5.41, 5.74) is 0.731. The zero-order valence-electron chi connectivity index (χ0n) is 9.08. The van der Waals surface area contributed by atoms with Gasteiger partial charge in [0.1, 0.15) is 18.5 Å². The molecule has 1 aromatic heterocycles. The van der Waals surface area contributed by atoms with Crippen LogP contribution in [0.5, 0.6) is 5.75 Å². The van der Waals surface area contributed by atoms with E-state index in [1.807, 2.05) is 0 Å². The number of ether oxygens (including phenoxy) is 1. The molecule has 0 aliphatic rings. The number of hydrogen-bond donors (Lipinski definition) is 1. The number of aromatic nitrogens is 1. The second-order valence-corrected chi connectivity index (χ2v) is 4.01. The first-order valence-corrected chi connectivity index (χ1v) is 5.60. The number of hydrogen-bond acceptors (Lipinski definition) is 3. The molecule has 0 fully saturated rings. The van der Waals surface area contributed by atoms with Crippen LogP contribution in [0.4, 0.5) is 0 Å². The Hall–Kier alpha value is -1.58. The molecule has 1 atom stereocenters. The van der Waals surface area contributed by atoms with E-state index in [0.29, 0.717) is 10.8 Å². The number of benzene rings is 1. The van der Waals surface area contributed by atoms with Crippen molar-refractivity contribution in [3.63, 3.8) is 0 Å². The highest BCUT2D eigenvalue weighted by molar-refractivity contribution is 6.30. The van der Waals surface area contributed by atoms with E-state index in [-0.39, 0.29) is 6.61 Å². The van der Waals surface area contributed by atoms with E-state index in [9.17, 15) is 5.11 Å². The van der Waals surface area contributed by atoms with Gasteiger partial charge in [-0.1, -0.05) is 23.7 Å². The van der Waals surface area contributed by atoms with Crippen molar-refractivity contribution in [3.05, 3.63) is 59.4 Å². The van der Waals surface area contributed by atoms with E-state index in [2.05, 4.69) is 4.98 Å². The second-order valence-electron chi connectivity index (χ2n) is 3.57. The smallest absolute Gasteiger partial charge is 0.120 e. The fourth-order valence-electron chi connectivity index (χ4n) is 1.40. The summed E-state index contributed by atoms with van der Waals surface area (Å²) in [6.45, 7) is 0.173. The number of pyridine rings is 1. The molecule has 0 saturated heterocycles. The fraction of sp³-hybridized carbons (Fsp3) is 0.154. The van der Waals surface area contributed by atoms with Gasteiger partial charge in [0.05, 0.1) is 0 Å². The van der Waals surface area contributed by atoms with Crippen LogP contribution < -0.4 is 4.74 Å². The second kappa shape index (κ2) is 5.66. The van der Waals surface area contributed by atoms with Crippen LogP contribution in [-0.2, 0) is 0 Å². The molecule has 1 unspecified atom stereocenters. The van der Waals surface area contributed by atoms with Gasteiger partial charge in [-0.05, 0) is 24.3 Å². The Morgan fingerprint density at radius 1 is 1.29 bits per heavy atom. The van der Waals surface area contributed by atoms with E-state index in [1.165, 1.54) is 0 Å². The molecule has 1 aromatic carbocycles. The van der Waals surface area contributed by atoms with Gasteiger partial charge in [-0.25, -0.2) is 0 Å². The third-order valence-electron chi connectivity index (χ3n) is 2.27. The van der Waals surface area contributed by atoms with Gasteiger partial charge in [0.25, 0.3) is 0 Å². The average Bonchev–Trinajstić information content (AvgIpc) is 2.37. The van der Waals surface area contributed by atoms with Crippen molar-refractivity contribution < 1.29 is 9.84 Å². The number of nitrogens with zero attached hydrogens (tertiary/aromatic N) is 1. The Morgan fingerprint density at radius 2 is 2.18 bits per heavy atom. The first-order valence-electron chi connectivity index (χ1n) is 5.22. The molecule has 1 N–H and O–H groups in total. The predicted octanol–water partition coefficient (Wildman–Crippen LogP) is 2.85. The molecular formula is C13H12ClNO2. The molecule has 0 radical (unpaired) electrons. The third kappa shape index (κ3) is 3.44. The first kappa shape index (κ1) is 11.9. The molecule has 0 aliphatic carbocycles. The van der Waals surface area contributed by atoms with E-state index in [0.717, 1.165) is 5.56 Å². The highest BCUT2D eigenvalue weighted by Crippen LogP contribution is 2.19. The minimum atomic E-state index is -0.692. The molecule has 0 amide bonds. The zero-order chi connectivity index (χ0) is 12.1. The number of halogens is 1. The topological polar surface area (TPSA) is 42.4 Å². The minimum absolute atomic E-state index is 0.173. The van der Waals surface area contributed by atoms with Crippen LogP contribution in [0.2, 0.25) is 5.02 Å². The number of aliphatic hydroxyl groups is 1. The predicted molar refractivity (Wildman–Crippen MR) is 66.1 cm³/mol. The summed E-state index contributed by atoms with van der Waals surface area (Å²) < 4.78 is 5.44. The monoisotopic (exact) mass is 249 g/mol. The lowest BCUT2D eigenvalue weighted by molar-refractivity contribution is 0.108. The summed E-state index contributed by atoms with van der Waals surface area (Å²) in [7, 11) is 0. The molecule has 0 spiro atoms. The van der Waals surface area contributed by atoms with Gasteiger partial charge in [0.2, 0.25) is 0 Å². The zero-order valence-corrected chi connectivity index (χ0v) is 9.84. The quantitative estimate of drug-likeness (QED) is 0.906. The molecule has 88 valence electrons. The first-order chi connectivity index (χ1) is 8.25. The Bertz CT molecular complexity index is 476. The van der Waals surface area contributed by atoms with Crippen molar-refractivity contribution in [3.8, 4) is 5.75 Å². The summed E-state index contributed by atoms with van der Waals surface area (Å²) in [5, 5.41) is 10.5. The van der Waals surface area contributed by atoms with E-state index >= 15 is 0 Å². The minimum Gasteiger partial charge on any atom is -0.490 e. The van der Waals surface area contributed by atoms with Crippen LogP contribution >= 0.6 is 11.6 Å². The maximum atomic E-state index is 9.85. The molecule has 0 saturated carbocycles. The molecule has 2 rings (SSSR count). The van der Waals surface area contributed by atoms with Crippen LogP contribution in [0.25, 0.3) is 0 Å². The Balaban J connectivity index is 1.95. The van der Waals surface area contributed by atoms with Gasteiger partial charge in [0.15, 0.2) is 0 Å². The van der Waals surface area contributed by atoms with Gasteiger partial charge < -0.3 is 9.84 Å². The molecular weight excluding hydrogens is 238 g/mol. The number of aliphatic hydroxyl groups excluding tert-OH is 1. The molecule has 0 bridgehead atoms. The van der Waals surface area contributed by atoms with Crippen LogP contribution in [-0.4, -0.2) is 16.7 Å². The summed E-state index contributed by atoms with van der Waals surface area (Å²) in [6.07, 6.45) is 2.59. The lowest BCUT2D eigenvalue weighted by Crippen LogP contribution is -2.09. The molecule has 0 aliphatic heterocycles. The van der Waals surface area contributed by atoms with Crippen molar-refractivity contribution >= 4 is 11.6 Å². The van der Waals surface area contributed by atoms with Crippen molar-refractivity contribution in [2.45, 2.75) is 6.10 Å². The largest absolute Gasteiger partial charge is 0.490 e. The maximum Gasteiger partial charge on any atom is 0.120 e. The summed E-state index contributed by atoms with van der Waals surface area (Å²) in [5.74, 6) is 0.639. The van der Waals surface area contributed by atoms with Crippen molar-refractivity contribution in [1.29, 1.82) is 0 Å². The molecule has 1 heterocycles. The lowest BCUT2D eigenvalue weighted by atomic mass is 10.2. The number of rotatable bonds is 4.